The van der Waals surface area contributed by atoms with Crippen LogP contribution in [0.25, 0.3) is 0 Å². The first-order chi connectivity index (χ1) is 6.24. The van der Waals surface area contributed by atoms with Crippen molar-refractivity contribution in [3.8, 4) is 6.07 Å². The van der Waals surface area contributed by atoms with Crippen molar-refractivity contribution in [2.45, 2.75) is 58.4 Å². The molecule has 0 aliphatic carbocycles. The summed E-state index contributed by atoms with van der Waals surface area (Å²) in [7, 11) is 0. The van der Waals surface area contributed by atoms with Gasteiger partial charge in [0, 0.05) is 0 Å². The predicted molar refractivity (Wildman–Crippen MR) is 56.5 cm³/mol. The lowest BCUT2D eigenvalue weighted by Crippen LogP contribution is -2.44. The first-order valence-electron chi connectivity index (χ1n) is 5.41. The zero-order valence-corrected chi connectivity index (χ0v) is 9.19. The normalized spacial score (nSPS) is 11.2. The molecule has 0 aromatic carbocycles. The van der Waals surface area contributed by atoms with E-state index < -0.39 is 0 Å². The molecule has 0 rings (SSSR count). The van der Waals surface area contributed by atoms with Gasteiger partial charge in [-0.05, 0) is 25.8 Å². The van der Waals surface area contributed by atoms with E-state index in [1.807, 2.05) is 0 Å². The number of nitrogens with one attached hydrogen (secondary N) is 1. The van der Waals surface area contributed by atoms with Crippen LogP contribution in [0.15, 0.2) is 0 Å². The third-order valence-corrected chi connectivity index (χ3v) is 2.28. The van der Waals surface area contributed by atoms with E-state index in [9.17, 15) is 0 Å². The SMILES string of the molecule is CCCNC(C#N)(CCC)CCC. The average Bonchev–Trinajstić information content (AvgIpc) is 2.15. The highest BCUT2D eigenvalue weighted by atomic mass is 15.0. The molecule has 0 spiro atoms. The first-order valence-corrected chi connectivity index (χ1v) is 5.41. The summed E-state index contributed by atoms with van der Waals surface area (Å²) in [6, 6.07) is 2.44. The van der Waals surface area contributed by atoms with Crippen molar-refractivity contribution in [3.63, 3.8) is 0 Å². The standard InChI is InChI=1S/C11H22N2/c1-4-7-11(10-12,8-5-2)13-9-6-3/h13H,4-9H2,1-3H3. The van der Waals surface area contributed by atoms with Gasteiger partial charge in [0.1, 0.15) is 5.54 Å². The Kier molecular flexibility index (Phi) is 6.62. The van der Waals surface area contributed by atoms with Crippen molar-refractivity contribution >= 4 is 0 Å². The van der Waals surface area contributed by atoms with Crippen molar-refractivity contribution in [1.29, 1.82) is 5.26 Å². The lowest BCUT2D eigenvalue weighted by molar-refractivity contribution is 0.354. The molecule has 0 unspecified atom stereocenters. The maximum absolute atomic E-state index is 9.15. The Morgan fingerprint density at radius 1 is 1.08 bits per heavy atom. The Balaban J connectivity index is 4.18. The molecule has 0 atom stereocenters. The lowest BCUT2D eigenvalue weighted by atomic mass is 9.90. The second kappa shape index (κ2) is 6.91. The summed E-state index contributed by atoms with van der Waals surface area (Å²) >= 11 is 0. The van der Waals surface area contributed by atoms with Crippen molar-refractivity contribution in [1.82, 2.24) is 5.32 Å². The molecule has 2 nitrogen and oxygen atoms in total. The fourth-order valence-electron chi connectivity index (χ4n) is 1.67. The molecule has 76 valence electrons. The molecule has 0 saturated carbocycles. The van der Waals surface area contributed by atoms with E-state index in [-0.39, 0.29) is 5.54 Å². The summed E-state index contributed by atoms with van der Waals surface area (Å²) in [5, 5.41) is 12.5. The molecule has 1 N–H and O–H groups in total. The third kappa shape index (κ3) is 4.28. The van der Waals surface area contributed by atoms with Gasteiger partial charge < -0.3 is 0 Å². The smallest absolute Gasteiger partial charge is 0.106 e. The van der Waals surface area contributed by atoms with Crippen molar-refractivity contribution < 1.29 is 0 Å². The number of nitriles is 1. The summed E-state index contributed by atoms with van der Waals surface area (Å²) in [6.07, 6.45) is 5.18. The number of nitrogens with zero attached hydrogens (tertiary/aromatic N) is 1. The van der Waals surface area contributed by atoms with Gasteiger partial charge in [-0.15, -0.1) is 0 Å². The van der Waals surface area contributed by atoms with Gasteiger partial charge in [-0.2, -0.15) is 5.26 Å². The maximum atomic E-state index is 9.15. The summed E-state index contributed by atoms with van der Waals surface area (Å²) < 4.78 is 0. The summed E-state index contributed by atoms with van der Waals surface area (Å²) in [4.78, 5) is 0. The quantitative estimate of drug-likeness (QED) is 0.657. The van der Waals surface area contributed by atoms with Crippen LogP contribution in [0.5, 0.6) is 0 Å². The summed E-state index contributed by atoms with van der Waals surface area (Å²) in [6.45, 7) is 7.35. The Bertz CT molecular complexity index is 152. The molecular formula is C11H22N2. The fraction of sp³-hybridized carbons (Fsp3) is 0.909. The molecule has 2 heteroatoms. The van der Waals surface area contributed by atoms with E-state index in [1.54, 1.807) is 0 Å². The third-order valence-electron chi connectivity index (χ3n) is 2.28. The molecule has 0 bridgehead atoms. The highest BCUT2D eigenvalue weighted by molar-refractivity contribution is 5.06. The van der Waals surface area contributed by atoms with Gasteiger partial charge >= 0.3 is 0 Å². The minimum absolute atomic E-state index is 0.250. The highest BCUT2D eigenvalue weighted by Crippen LogP contribution is 2.18. The molecule has 0 heterocycles. The van der Waals surface area contributed by atoms with Gasteiger partial charge in [0.05, 0.1) is 6.07 Å². The van der Waals surface area contributed by atoms with Gasteiger partial charge in [0.2, 0.25) is 0 Å². The molecule has 13 heavy (non-hydrogen) atoms. The van der Waals surface area contributed by atoms with Crippen molar-refractivity contribution in [3.05, 3.63) is 0 Å². The predicted octanol–water partition coefficient (Wildman–Crippen LogP) is 2.85. The Hall–Kier alpha value is -0.550. The summed E-state index contributed by atoms with van der Waals surface area (Å²) in [5.74, 6) is 0. The fourth-order valence-corrected chi connectivity index (χ4v) is 1.67. The molecule has 0 aliphatic heterocycles. The summed E-state index contributed by atoms with van der Waals surface area (Å²) in [5.41, 5.74) is -0.250. The van der Waals surface area contributed by atoms with Crippen molar-refractivity contribution in [2.24, 2.45) is 0 Å². The van der Waals surface area contributed by atoms with Gasteiger partial charge in [0.15, 0.2) is 0 Å². The van der Waals surface area contributed by atoms with E-state index in [1.165, 1.54) is 0 Å². The van der Waals surface area contributed by atoms with E-state index in [4.69, 9.17) is 5.26 Å². The number of hydrogen-bond donors (Lipinski definition) is 1. The minimum atomic E-state index is -0.250. The van der Waals surface area contributed by atoms with Crippen LogP contribution in [0.1, 0.15) is 52.9 Å². The van der Waals surface area contributed by atoms with Crippen LogP contribution in [0.3, 0.4) is 0 Å². The van der Waals surface area contributed by atoms with E-state index >= 15 is 0 Å². The molecule has 0 aromatic heterocycles. The lowest BCUT2D eigenvalue weighted by Gasteiger charge is -2.27. The minimum Gasteiger partial charge on any atom is -0.299 e. The van der Waals surface area contributed by atoms with Crippen LogP contribution in [0.2, 0.25) is 0 Å². The van der Waals surface area contributed by atoms with Gasteiger partial charge in [0.25, 0.3) is 0 Å². The van der Waals surface area contributed by atoms with Gasteiger partial charge in [-0.25, -0.2) is 0 Å². The average molecular weight is 182 g/mol. The van der Waals surface area contributed by atoms with Gasteiger partial charge in [-0.3, -0.25) is 5.32 Å². The van der Waals surface area contributed by atoms with Crippen LogP contribution < -0.4 is 5.32 Å². The molecular weight excluding hydrogens is 160 g/mol. The number of rotatable bonds is 7. The Labute approximate surface area is 82.3 Å². The molecule has 0 aliphatic rings. The van der Waals surface area contributed by atoms with Gasteiger partial charge in [-0.1, -0.05) is 33.6 Å². The Morgan fingerprint density at radius 3 is 1.92 bits per heavy atom. The zero-order valence-electron chi connectivity index (χ0n) is 9.19. The molecule has 0 saturated heterocycles. The van der Waals surface area contributed by atoms with E-state index in [2.05, 4.69) is 32.2 Å². The largest absolute Gasteiger partial charge is 0.299 e. The topological polar surface area (TPSA) is 35.8 Å². The van der Waals surface area contributed by atoms with Crippen LogP contribution >= 0.6 is 0 Å². The van der Waals surface area contributed by atoms with Crippen LogP contribution in [-0.4, -0.2) is 12.1 Å². The molecule has 0 fully saturated rings. The molecule has 0 amide bonds. The van der Waals surface area contributed by atoms with Crippen molar-refractivity contribution in [2.75, 3.05) is 6.54 Å². The maximum Gasteiger partial charge on any atom is 0.106 e. The first kappa shape index (κ1) is 12.4. The monoisotopic (exact) mass is 182 g/mol. The van der Waals surface area contributed by atoms with Crippen LogP contribution in [-0.2, 0) is 0 Å². The second-order valence-electron chi connectivity index (χ2n) is 3.62. The number of hydrogen-bond acceptors (Lipinski definition) is 2. The zero-order chi connectivity index (χ0) is 10.2. The molecule has 0 radical (unpaired) electrons. The van der Waals surface area contributed by atoms with E-state index in [0.29, 0.717) is 0 Å². The highest BCUT2D eigenvalue weighted by Gasteiger charge is 2.26. The second-order valence-corrected chi connectivity index (χ2v) is 3.62. The van der Waals surface area contributed by atoms with E-state index in [0.717, 1.165) is 38.6 Å². The Morgan fingerprint density at radius 2 is 1.62 bits per heavy atom. The van der Waals surface area contributed by atoms with Crippen LogP contribution in [0.4, 0.5) is 0 Å². The molecule has 0 aromatic rings. The van der Waals surface area contributed by atoms with Crippen LogP contribution in [0, 0.1) is 11.3 Å².